The van der Waals surface area contributed by atoms with Gasteiger partial charge in [-0.3, -0.25) is 0 Å². The molecule has 0 radical (unpaired) electrons. The third-order valence-electron chi connectivity index (χ3n) is 10.6. The Hall–Kier alpha value is -4.16. The molecule has 266 valence electrons. The lowest BCUT2D eigenvalue weighted by Crippen LogP contribution is -2.25. The Balaban J connectivity index is 1.31. The van der Waals surface area contributed by atoms with Crippen LogP contribution in [0, 0.1) is 17.8 Å². The van der Waals surface area contributed by atoms with Gasteiger partial charge >= 0.3 is 11.9 Å². The van der Waals surface area contributed by atoms with Crippen molar-refractivity contribution < 1.29 is 28.5 Å². The summed E-state index contributed by atoms with van der Waals surface area (Å²) in [5.74, 6) is 3.49. The van der Waals surface area contributed by atoms with Gasteiger partial charge in [0.15, 0.2) is 0 Å². The van der Waals surface area contributed by atoms with E-state index in [0.717, 1.165) is 34.6 Å². The number of benzene rings is 3. The first-order chi connectivity index (χ1) is 24.2. The Morgan fingerprint density at radius 1 is 0.720 bits per heavy atom. The number of methoxy groups -OCH3 is 1. The SMILES string of the molecule is C=C(C)C(=O)OCCOc1ccc(-c2ccc(-c3ccc(OC(=O)C(=C)COC)cc3)c(C3CCC(C4CCC(CCC)CC4)CC3)c2)cc1. The van der Waals surface area contributed by atoms with Gasteiger partial charge in [0.05, 0.1) is 12.2 Å². The number of esters is 2. The van der Waals surface area contributed by atoms with Gasteiger partial charge in [0, 0.05) is 12.7 Å². The maximum absolute atomic E-state index is 12.4. The summed E-state index contributed by atoms with van der Waals surface area (Å²) in [4.78, 5) is 24.0. The van der Waals surface area contributed by atoms with E-state index < -0.39 is 11.9 Å². The fourth-order valence-electron chi connectivity index (χ4n) is 7.88. The van der Waals surface area contributed by atoms with E-state index in [4.69, 9.17) is 18.9 Å². The fourth-order valence-corrected chi connectivity index (χ4v) is 7.88. The topological polar surface area (TPSA) is 71.1 Å². The lowest BCUT2D eigenvalue weighted by atomic mass is 9.67. The van der Waals surface area contributed by atoms with Crippen LogP contribution in [-0.4, -0.2) is 38.9 Å². The van der Waals surface area contributed by atoms with Crippen LogP contribution >= 0.6 is 0 Å². The number of hydrogen-bond acceptors (Lipinski definition) is 6. The summed E-state index contributed by atoms with van der Waals surface area (Å²) < 4.78 is 21.5. The minimum absolute atomic E-state index is 0.137. The Morgan fingerprint density at radius 3 is 1.94 bits per heavy atom. The summed E-state index contributed by atoms with van der Waals surface area (Å²) in [5.41, 5.74) is 6.66. The smallest absolute Gasteiger partial charge is 0.341 e. The molecule has 2 aliphatic rings. The third kappa shape index (κ3) is 9.97. The highest BCUT2D eigenvalue weighted by Crippen LogP contribution is 2.47. The zero-order valence-corrected chi connectivity index (χ0v) is 30.2. The maximum atomic E-state index is 12.4. The van der Waals surface area contributed by atoms with E-state index in [1.54, 1.807) is 6.92 Å². The zero-order valence-electron chi connectivity index (χ0n) is 30.2. The van der Waals surface area contributed by atoms with Gasteiger partial charge in [0.25, 0.3) is 0 Å². The molecule has 3 aromatic carbocycles. The highest BCUT2D eigenvalue weighted by molar-refractivity contribution is 5.90. The Morgan fingerprint density at radius 2 is 1.32 bits per heavy atom. The summed E-state index contributed by atoms with van der Waals surface area (Å²) in [6, 6.07) is 22.7. The molecule has 0 unspecified atom stereocenters. The van der Waals surface area contributed by atoms with Crippen LogP contribution in [0.3, 0.4) is 0 Å². The number of hydrogen-bond donors (Lipinski definition) is 0. The van der Waals surface area contributed by atoms with Crippen LogP contribution in [0.5, 0.6) is 11.5 Å². The average Bonchev–Trinajstić information content (AvgIpc) is 3.14. The molecule has 2 aliphatic carbocycles. The van der Waals surface area contributed by atoms with Gasteiger partial charge in [-0.2, -0.15) is 0 Å². The summed E-state index contributed by atoms with van der Waals surface area (Å²) in [6.07, 6.45) is 13.4. The molecular formula is C44H54O6. The molecule has 0 bridgehead atoms. The van der Waals surface area contributed by atoms with E-state index in [-0.39, 0.29) is 25.4 Å². The van der Waals surface area contributed by atoms with E-state index in [1.807, 2.05) is 36.4 Å². The van der Waals surface area contributed by atoms with Gasteiger partial charge in [-0.05, 0) is 121 Å². The van der Waals surface area contributed by atoms with Gasteiger partial charge in [-0.15, -0.1) is 0 Å². The highest BCUT2D eigenvalue weighted by atomic mass is 16.6. The molecule has 0 aromatic heterocycles. The summed E-state index contributed by atoms with van der Waals surface area (Å²) in [6.45, 7) is 11.9. The second-order valence-corrected chi connectivity index (χ2v) is 14.2. The van der Waals surface area contributed by atoms with Crippen molar-refractivity contribution in [1.29, 1.82) is 0 Å². The van der Waals surface area contributed by atoms with E-state index >= 15 is 0 Å². The third-order valence-corrected chi connectivity index (χ3v) is 10.6. The molecule has 0 aliphatic heterocycles. The zero-order chi connectivity index (χ0) is 35.5. The molecule has 0 amide bonds. The van der Waals surface area contributed by atoms with E-state index in [9.17, 15) is 9.59 Å². The van der Waals surface area contributed by atoms with Crippen LogP contribution in [0.2, 0.25) is 0 Å². The number of ether oxygens (including phenoxy) is 4. The van der Waals surface area contributed by atoms with Gasteiger partial charge in [0.1, 0.15) is 24.7 Å². The summed E-state index contributed by atoms with van der Waals surface area (Å²) in [7, 11) is 1.53. The normalized spacial score (nSPS) is 20.5. The van der Waals surface area contributed by atoms with Crippen molar-refractivity contribution in [2.75, 3.05) is 26.9 Å². The van der Waals surface area contributed by atoms with Crippen LogP contribution in [0.4, 0.5) is 0 Å². The van der Waals surface area contributed by atoms with Crippen molar-refractivity contribution in [3.8, 4) is 33.8 Å². The predicted octanol–water partition coefficient (Wildman–Crippen LogP) is 10.5. The molecule has 0 atom stereocenters. The monoisotopic (exact) mass is 678 g/mol. The van der Waals surface area contributed by atoms with Gasteiger partial charge in [-0.25, -0.2) is 9.59 Å². The van der Waals surface area contributed by atoms with Crippen molar-refractivity contribution in [2.24, 2.45) is 17.8 Å². The van der Waals surface area contributed by atoms with Gasteiger partial charge < -0.3 is 18.9 Å². The molecule has 0 spiro atoms. The molecule has 0 saturated heterocycles. The van der Waals surface area contributed by atoms with Gasteiger partial charge in [0.2, 0.25) is 0 Å². The number of rotatable bonds is 15. The van der Waals surface area contributed by atoms with Crippen LogP contribution in [0.15, 0.2) is 91.0 Å². The second-order valence-electron chi connectivity index (χ2n) is 14.2. The number of carbonyl (C=O) groups excluding carboxylic acids is 2. The van der Waals surface area contributed by atoms with Crippen molar-refractivity contribution >= 4 is 11.9 Å². The predicted molar refractivity (Wildman–Crippen MR) is 200 cm³/mol. The quantitative estimate of drug-likeness (QED) is 0.0690. The number of carbonyl (C=O) groups is 2. The summed E-state index contributed by atoms with van der Waals surface area (Å²) in [5, 5.41) is 0. The summed E-state index contributed by atoms with van der Waals surface area (Å²) >= 11 is 0. The van der Waals surface area contributed by atoms with Crippen LogP contribution in [0.1, 0.15) is 89.5 Å². The molecule has 6 heteroatoms. The van der Waals surface area contributed by atoms with E-state index in [0.29, 0.717) is 17.2 Å². The lowest BCUT2D eigenvalue weighted by molar-refractivity contribution is -0.139. The van der Waals surface area contributed by atoms with Crippen molar-refractivity contribution in [1.82, 2.24) is 0 Å². The molecule has 5 rings (SSSR count). The van der Waals surface area contributed by atoms with Crippen molar-refractivity contribution in [3.05, 3.63) is 96.6 Å². The van der Waals surface area contributed by atoms with E-state index in [1.165, 1.54) is 88.0 Å². The largest absolute Gasteiger partial charge is 0.490 e. The minimum atomic E-state index is -0.483. The van der Waals surface area contributed by atoms with Crippen molar-refractivity contribution in [3.63, 3.8) is 0 Å². The lowest BCUT2D eigenvalue weighted by Gasteiger charge is -2.38. The Bertz CT molecular complexity index is 1590. The van der Waals surface area contributed by atoms with Crippen LogP contribution < -0.4 is 9.47 Å². The Kier molecular flexibility index (Phi) is 13.5. The van der Waals surface area contributed by atoms with Crippen LogP contribution in [-0.2, 0) is 19.1 Å². The molecule has 6 nitrogen and oxygen atoms in total. The molecule has 0 heterocycles. The first kappa shape index (κ1) is 37.1. The Labute approximate surface area is 298 Å². The van der Waals surface area contributed by atoms with E-state index in [2.05, 4.69) is 50.4 Å². The van der Waals surface area contributed by atoms with Crippen LogP contribution in [0.25, 0.3) is 22.3 Å². The molecule has 50 heavy (non-hydrogen) atoms. The minimum Gasteiger partial charge on any atom is -0.490 e. The standard InChI is InChI=1S/C44H54O6/c1-6-7-32-8-10-33(11-9-32)34-12-14-37(15-13-34)42-28-38(35-16-21-39(22-17-35)48-26-27-49-43(45)30(2)3)20-25-41(42)36-18-23-40(24-19-36)50-44(46)31(4)29-47-5/h16-25,28,32-34,37H,2,4,6-15,26-27,29H2,1,3,5H3. The average molecular weight is 679 g/mol. The highest BCUT2D eigenvalue weighted by Gasteiger charge is 2.32. The van der Waals surface area contributed by atoms with Gasteiger partial charge in [-0.1, -0.05) is 88.2 Å². The fraction of sp³-hybridized carbons (Fsp3) is 0.455. The maximum Gasteiger partial charge on any atom is 0.341 e. The second kappa shape index (κ2) is 18.2. The molecule has 3 aromatic rings. The molecule has 2 saturated carbocycles. The molecular weight excluding hydrogens is 624 g/mol. The van der Waals surface area contributed by atoms with Crippen molar-refractivity contribution in [2.45, 2.75) is 84.0 Å². The molecule has 0 N–H and O–H groups in total. The first-order valence-electron chi connectivity index (χ1n) is 18.4. The first-order valence-corrected chi connectivity index (χ1v) is 18.4. The molecule has 2 fully saturated rings.